The first kappa shape index (κ1) is 24.4. The van der Waals surface area contributed by atoms with Gasteiger partial charge in [-0.25, -0.2) is 0 Å². The molecule has 0 radical (unpaired) electrons. The molecule has 32 heavy (non-hydrogen) atoms. The fraction of sp³-hybridized carbons (Fsp3) is 0. The summed E-state index contributed by atoms with van der Waals surface area (Å²) in [5.41, 5.74) is 11.5. The molecule has 0 atom stereocenters. The lowest BCUT2D eigenvalue weighted by atomic mass is 10.2. The summed E-state index contributed by atoms with van der Waals surface area (Å²) in [6, 6.07) is 6.52. The lowest BCUT2D eigenvalue weighted by molar-refractivity contribution is 0.441. The molecule has 14 nitrogen and oxygen atoms in total. The number of phenols is 2. The number of phenolic OH excluding ortho intramolecular Hbond substituents is 2. The van der Waals surface area contributed by atoms with Crippen molar-refractivity contribution < 1.29 is 36.2 Å². The minimum atomic E-state index is -4.65. The van der Waals surface area contributed by atoms with Gasteiger partial charge < -0.3 is 21.7 Å². The van der Waals surface area contributed by atoms with Gasteiger partial charge in [-0.05, 0) is 47.5 Å². The topological polar surface area (TPSA) is 251 Å². The molecule has 0 saturated carbocycles. The first-order valence-electron chi connectivity index (χ1n) is 8.13. The van der Waals surface area contributed by atoms with Gasteiger partial charge in [-0.2, -0.15) is 27.0 Å². The third kappa shape index (κ3) is 6.57. The van der Waals surface area contributed by atoms with E-state index in [4.69, 9.17) is 20.6 Å². The molecule has 0 aliphatic heterocycles. The molecule has 170 valence electrons. The van der Waals surface area contributed by atoms with E-state index < -0.39 is 41.5 Å². The van der Waals surface area contributed by atoms with E-state index in [2.05, 4.69) is 20.4 Å². The van der Waals surface area contributed by atoms with E-state index in [0.717, 1.165) is 36.7 Å². The highest BCUT2D eigenvalue weighted by Gasteiger charge is 2.16. The third-order valence-electron chi connectivity index (χ3n) is 3.53. The van der Waals surface area contributed by atoms with Crippen LogP contribution < -0.4 is 11.5 Å². The Hall–Kier alpha value is -3.86. The van der Waals surface area contributed by atoms with Crippen LogP contribution in [0.4, 0.5) is 0 Å². The highest BCUT2D eigenvalue weighted by Crippen LogP contribution is 2.23. The molecule has 8 N–H and O–H groups in total. The quantitative estimate of drug-likeness (QED) is 0.135. The zero-order valence-corrected chi connectivity index (χ0v) is 17.4. The van der Waals surface area contributed by atoms with Gasteiger partial charge in [0.15, 0.2) is 11.7 Å². The second kappa shape index (κ2) is 9.52. The molecule has 0 amide bonds. The maximum atomic E-state index is 11.2. The predicted molar refractivity (Wildman–Crippen MR) is 114 cm³/mol. The molecule has 0 fully saturated rings. The minimum absolute atomic E-state index is 0.155. The van der Waals surface area contributed by atoms with E-state index in [1.807, 2.05) is 0 Å². The Bertz CT molecular complexity index is 1260. The number of rotatable bonds is 6. The Kier molecular flexibility index (Phi) is 7.26. The molecule has 2 aromatic rings. The summed E-state index contributed by atoms with van der Waals surface area (Å²) in [6.07, 6.45) is 2.12. The van der Waals surface area contributed by atoms with Crippen LogP contribution in [-0.4, -0.2) is 60.3 Å². The number of hydrogen-bond donors (Lipinski definition) is 6. The summed E-state index contributed by atoms with van der Waals surface area (Å²) >= 11 is 0. The first-order chi connectivity index (χ1) is 14.8. The van der Waals surface area contributed by atoms with Crippen molar-refractivity contribution in [2.75, 3.05) is 0 Å². The zero-order valence-electron chi connectivity index (χ0n) is 15.8. The van der Waals surface area contributed by atoms with Gasteiger partial charge in [0, 0.05) is 0 Å². The fourth-order valence-corrected chi connectivity index (χ4v) is 3.29. The Morgan fingerprint density at radius 2 is 1.06 bits per heavy atom. The van der Waals surface area contributed by atoms with E-state index in [9.17, 15) is 27.0 Å². The largest absolute Gasteiger partial charge is 0.506 e. The van der Waals surface area contributed by atoms with Gasteiger partial charge >= 0.3 is 0 Å². The van der Waals surface area contributed by atoms with Crippen molar-refractivity contribution in [3.05, 3.63) is 47.5 Å². The highest BCUT2D eigenvalue weighted by molar-refractivity contribution is 7.86. The van der Waals surface area contributed by atoms with Crippen LogP contribution in [0, 0.1) is 0 Å². The molecule has 0 saturated heterocycles. The van der Waals surface area contributed by atoms with Crippen molar-refractivity contribution in [2.45, 2.75) is 9.79 Å². The monoisotopic (exact) mass is 484 g/mol. The van der Waals surface area contributed by atoms with Crippen molar-refractivity contribution in [3.8, 4) is 11.5 Å². The van der Waals surface area contributed by atoms with Crippen LogP contribution in [0.3, 0.4) is 0 Å². The van der Waals surface area contributed by atoms with Gasteiger partial charge in [-0.3, -0.25) is 9.11 Å². The molecule has 0 spiro atoms. The summed E-state index contributed by atoms with van der Waals surface area (Å²) in [5.74, 6) is -2.06. The highest BCUT2D eigenvalue weighted by atomic mass is 32.2. The van der Waals surface area contributed by atoms with Crippen molar-refractivity contribution in [1.29, 1.82) is 0 Å². The Morgan fingerprint density at radius 3 is 1.38 bits per heavy atom. The molecule has 0 aliphatic rings. The summed E-state index contributed by atoms with van der Waals surface area (Å²) in [5, 5.41) is 33.1. The smallest absolute Gasteiger partial charge is 0.298 e. The lowest BCUT2D eigenvalue weighted by Gasteiger charge is -2.01. The van der Waals surface area contributed by atoms with Gasteiger partial charge in [0.1, 0.15) is 21.3 Å². The number of benzene rings is 2. The van der Waals surface area contributed by atoms with Crippen molar-refractivity contribution in [3.63, 3.8) is 0 Å². The third-order valence-corrected chi connectivity index (χ3v) is 5.30. The van der Waals surface area contributed by atoms with Crippen LogP contribution in [-0.2, 0) is 20.2 Å². The van der Waals surface area contributed by atoms with E-state index >= 15 is 0 Å². The number of nitrogens with zero attached hydrogens (tertiary/aromatic N) is 4. The van der Waals surface area contributed by atoms with Crippen LogP contribution in [0.1, 0.15) is 11.1 Å². The zero-order chi connectivity index (χ0) is 24.1. The van der Waals surface area contributed by atoms with E-state index in [0.29, 0.717) is 0 Å². The molecule has 0 aromatic heterocycles. The molecule has 0 unspecified atom stereocenters. The summed E-state index contributed by atoms with van der Waals surface area (Å²) in [4.78, 5) is -1.44. The molecule has 0 bridgehead atoms. The van der Waals surface area contributed by atoms with Crippen molar-refractivity contribution in [1.82, 2.24) is 0 Å². The van der Waals surface area contributed by atoms with E-state index in [1.54, 1.807) is 0 Å². The molecule has 0 heterocycles. The van der Waals surface area contributed by atoms with Gasteiger partial charge in [0.05, 0.1) is 12.4 Å². The fourth-order valence-electron chi connectivity index (χ4n) is 2.05. The van der Waals surface area contributed by atoms with Crippen LogP contribution in [0.25, 0.3) is 0 Å². The maximum Gasteiger partial charge on any atom is 0.298 e. The van der Waals surface area contributed by atoms with Crippen LogP contribution >= 0.6 is 0 Å². The van der Waals surface area contributed by atoms with Gasteiger partial charge in [0.2, 0.25) is 0 Å². The van der Waals surface area contributed by atoms with Crippen LogP contribution in [0.15, 0.2) is 66.6 Å². The summed E-state index contributed by atoms with van der Waals surface area (Å²) in [7, 11) is -9.29. The average molecular weight is 484 g/mol. The van der Waals surface area contributed by atoms with Crippen molar-refractivity contribution >= 4 is 44.3 Å². The normalized spacial score (nSPS) is 13.8. The minimum Gasteiger partial charge on any atom is -0.506 e. The van der Waals surface area contributed by atoms with Gasteiger partial charge in [-0.1, -0.05) is 0 Å². The van der Waals surface area contributed by atoms with E-state index in [-0.39, 0.29) is 22.8 Å². The Labute approximate surface area is 181 Å². The number of aromatic hydroxyl groups is 2. The molecular weight excluding hydrogens is 468 g/mol. The summed E-state index contributed by atoms with van der Waals surface area (Å²) in [6.45, 7) is 0. The molecular formula is C16H16N6O8S2. The van der Waals surface area contributed by atoms with Crippen molar-refractivity contribution in [2.24, 2.45) is 31.9 Å². The molecule has 0 aliphatic carbocycles. The predicted octanol–water partition coefficient (Wildman–Crippen LogP) is -0.326. The number of amidine groups is 2. The van der Waals surface area contributed by atoms with E-state index in [1.165, 1.54) is 12.1 Å². The second-order valence-corrected chi connectivity index (χ2v) is 8.64. The Morgan fingerprint density at radius 1 is 0.719 bits per heavy atom. The summed E-state index contributed by atoms with van der Waals surface area (Å²) < 4.78 is 62.7. The molecule has 2 rings (SSSR count). The lowest BCUT2D eigenvalue weighted by Crippen LogP contribution is -2.30. The van der Waals surface area contributed by atoms with Crippen LogP contribution in [0.5, 0.6) is 11.5 Å². The SMILES string of the molecule is NC(=N\N=C/c1ccc(O)c(S(=O)(=O)O)c1)/C(N)=N\N=C/c1ccc(O)c(S(=O)(=O)O)c1. The number of nitrogens with two attached hydrogens (primary N) is 2. The Balaban J connectivity index is 2.16. The maximum absolute atomic E-state index is 11.2. The van der Waals surface area contributed by atoms with Crippen LogP contribution in [0.2, 0.25) is 0 Å². The average Bonchev–Trinajstić information content (AvgIpc) is 2.68. The molecule has 16 heteroatoms. The first-order valence-corrected chi connectivity index (χ1v) is 11.0. The molecule has 2 aromatic carbocycles. The number of hydrogen-bond acceptors (Lipinski definition) is 10. The van der Waals surface area contributed by atoms with Gasteiger partial charge in [-0.15, -0.1) is 10.2 Å². The second-order valence-electron chi connectivity index (χ2n) is 5.86. The van der Waals surface area contributed by atoms with Gasteiger partial charge in [0.25, 0.3) is 20.2 Å². The standard InChI is InChI=1S/C16H16N6O8S2/c17-15(21-19-7-9-1-3-11(23)13(5-9)31(25,26)27)16(18)22-20-8-10-2-4-12(24)14(6-10)32(28,29)30/h1-8,23-24H,(H2,17,21)(H2,18,22)(H,25,26,27)(H,28,29,30)/b19-7-,20-8-.